The van der Waals surface area contributed by atoms with Crippen LogP contribution in [0.4, 0.5) is 0 Å². The van der Waals surface area contributed by atoms with E-state index in [9.17, 15) is 4.79 Å². The summed E-state index contributed by atoms with van der Waals surface area (Å²) in [7, 11) is 0. The third-order valence-corrected chi connectivity index (χ3v) is 3.84. The quantitative estimate of drug-likeness (QED) is 0.772. The standard InChI is InChI=1S/C15H20BrNO3/c1-2-19-15(18)11-17-9-7-14(8-10-17)20-13-5-3-12(16)4-6-13/h3-6,14H,2,7-11H2,1H3. The van der Waals surface area contributed by atoms with E-state index in [4.69, 9.17) is 9.47 Å². The van der Waals surface area contributed by atoms with Crippen LogP contribution in [-0.2, 0) is 9.53 Å². The van der Waals surface area contributed by atoms with Crippen LogP contribution in [0.2, 0.25) is 0 Å². The van der Waals surface area contributed by atoms with Gasteiger partial charge in [-0.2, -0.15) is 0 Å². The van der Waals surface area contributed by atoms with Gasteiger partial charge in [-0.05, 0) is 44.0 Å². The van der Waals surface area contributed by atoms with Gasteiger partial charge in [0.25, 0.3) is 0 Å². The number of piperidine rings is 1. The highest BCUT2D eigenvalue weighted by atomic mass is 79.9. The molecule has 5 heteroatoms. The number of carbonyl (C=O) groups excluding carboxylic acids is 1. The first kappa shape index (κ1) is 15.3. The second-order valence-corrected chi connectivity index (χ2v) is 5.77. The zero-order chi connectivity index (χ0) is 14.4. The second kappa shape index (κ2) is 7.64. The number of carbonyl (C=O) groups is 1. The molecule has 1 aliphatic rings. The van der Waals surface area contributed by atoms with Crippen molar-refractivity contribution in [3.63, 3.8) is 0 Å². The third-order valence-electron chi connectivity index (χ3n) is 3.31. The minimum Gasteiger partial charge on any atom is -0.490 e. The van der Waals surface area contributed by atoms with Crippen molar-refractivity contribution in [2.45, 2.75) is 25.9 Å². The van der Waals surface area contributed by atoms with Gasteiger partial charge in [0.05, 0.1) is 13.2 Å². The van der Waals surface area contributed by atoms with Gasteiger partial charge in [-0.1, -0.05) is 15.9 Å². The summed E-state index contributed by atoms with van der Waals surface area (Å²) in [5, 5.41) is 0. The van der Waals surface area contributed by atoms with Gasteiger partial charge in [-0.3, -0.25) is 9.69 Å². The third kappa shape index (κ3) is 4.80. The van der Waals surface area contributed by atoms with Gasteiger partial charge in [0, 0.05) is 17.6 Å². The maximum atomic E-state index is 11.4. The van der Waals surface area contributed by atoms with Gasteiger partial charge in [-0.15, -0.1) is 0 Å². The Morgan fingerprint density at radius 1 is 1.30 bits per heavy atom. The zero-order valence-corrected chi connectivity index (χ0v) is 13.3. The van der Waals surface area contributed by atoms with Gasteiger partial charge in [-0.25, -0.2) is 0 Å². The maximum Gasteiger partial charge on any atom is 0.320 e. The Kier molecular flexibility index (Phi) is 5.86. The van der Waals surface area contributed by atoms with Crippen LogP contribution in [-0.4, -0.2) is 43.2 Å². The van der Waals surface area contributed by atoms with E-state index >= 15 is 0 Å². The Morgan fingerprint density at radius 2 is 1.95 bits per heavy atom. The summed E-state index contributed by atoms with van der Waals surface area (Å²) >= 11 is 3.41. The van der Waals surface area contributed by atoms with Crippen molar-refractivity contribution in [3.05, 3.63) is 28.7 Å². The first-order valence-electron chi connectivity index (χ1n) is 6.97. The van der Waals surface area contributed by atoms with Gasteiger partial charge in [0.15, 0.2) is 0 Å². The predicted octanol–water partition coefficient (Wildman–Crippen LogP) is 2.86. The van der Waals surface area contributed by atoms with Crippen LogP contribution < -0.4 is 4.74 Å². The molecule has 0 bridgehead atoms. The fourth-order valence-electron chi connectivity index (χ4n) is 2.28. The molecule has 1 aliphatic heterocycles. The lowest BCUT2D eigenvalue weighted by Crippen LogP contribution is -2.41. The van der Waals surface area contributed by atoms with Crippen LogP contribution in [0.25, 0.3) is 0 Å². The Bertz CT molecular complexity index is 427. The van der Waals surface area contributed by atoms with Crippen LogP contribution >= 0.6 is 15.9 Å². The number of likely N-dealkylation sites (tertiary alicyclic amines) is 1. The molecule has 20 heavy (non-hydrogen) atoms. The summed E-state index contributed by atoms with van der Waals surface area (Å²) in [5.74, 6) is 0.761. The first-order chi connectivity index (χ1) is 9.67. The molecule has 0 N–H and O–H groups in total. The number of ether oxygens (including phenoxy) is 2. The molecule has 1 fully saturated rings. The molecule has 0 unspecified atom stereocenters. The van der Waals surface area contributed by atoms with Crippen LogP contribution in [0, 0.1) is 0 Å². The SMILES string of the molecule is CCOC(=O)CN1CCC(Oc2ccc(Br)cc2)CC1. The molecule has 0 aromatic heterocycles. The van der Waals surface area contributed by atoms with E-state index in [1.807, 2.05) is 31.2 Å². The zero-order valence-electron chi connectivity index (χ0n) is 11.7. The minimum absolute atomic E-state index is 0.139. The van der Waals surface area contributed by atoms with E-state index < -0.39 is 0 Å². The minimum atomic E-state index is -0.139. The van der Waals surface area contributed by atoms with E-state index in [0.29, 0.717) is 13.2 Å². The molecule has 4 nitrogen and oxygen atoms in total. The molecule has 0 amide bonds. The highest BCUT2D eigenvalue weighted by Gasteiger charge is 2.22. The van der Waals surface area contributed by atoms with Gasteiger partial charge in [0.1, 0.15) is 11.9 Å². The average Bonchev–Trinajstić information content (AvgIpc) is 2.44. The molecule has 2 rings (SSSR count). The predicted molar refractivity (Wildman–Crippen MR) is 80.9 cm³/mol. The topological polar surface area (TPSA) is 38.8 Å². The Morgan fingerprint density at radius 3 is 2.55 bits per heavy atom. The van der Waals surface area contributed by atoms with E-state index in [2.05, 4.69) is 20.8 Å². The summed E-state index contributed by atoms with van der Waals surface area (Å²) in [4.78, 5) is 13.5. The average molecular weight is 342 g/mol. The van der Waals surface area contributed by atoms with E-state index in [1.165, 1.54) is 0 Å². The van der Waals surface area contributed by atoms with Crippen molar-refractivity contribution in [1.29, 1.82) is 0 Å². The Hall–Kier alpha value is -1.07. The Labute approximate surface area is 128 Å². The molecule has 1 saturated heterocycles. The Balaban J connectivity index is 1.74. The van der Waals surface area contributed by atoms with E-state index in [1.54, 1.807) is 0 Å². The van der Waals surface area contributed by atoms with E-state index in [-0.39, 0.29) is 12.1 Å². The molecule has 0 atom stereocenters. The number of hydrogen-bond donors (Lipinski definition) is 0. The molecule has 0 aliphatic carbocycles. The van der Waals surface area contributed by atoms with Crippen molar-refractivity contribution in [2.24, 2.45) is 0 Å². The fraction of sp³-hybridized carbons (Fsp3) is 0.533. The van der Waals surface area contributed by atoms with Gasteiger partial charge in [0.2, 0.25) is 0 Å². The summed E-state index contributed by atoms with van der Waals surface area (Å²) in [6, 6.07) is 7.89. The van der Waals surface area contributed by atoms with Crippen LogP contribution in [0.1, 0.15) is 19.8 Å². The summed E-state index contributed by atoms with van der Waals surface area (Å²) in [6.07, 6.45) is 2.11. The monoisotopic (exact) mass is 341 g/mol. The number of nitrogens with zero attached hydrogens (tertiary/aromatic N) is 1. The molecule has 110 valence electrons. The van der Waals surface area contributed by atoms with Crippen molar-refractivity contribution in [3.8, 4) is 5.75 Å². The normalized spacial score (nSPS) is 16.9. The molecular weight excluding hydrogens is 322 g/mol. The first-order valence-corrected chi connectivity index (χ1v) is 7.77. The van der Waals surface area contributed by atoms with Crippen molar-refractivity contribution in [1.82, 2.24) is 4.90 Å². The fourth-order valence-corrected chi connectivity index (χ4v) is 2.54. The molecule has 1 heterocycles. The molecule has 1 aromatic carbocycles. The number of rotatable bonds is 5. The lowest BCUT2D eigenvalue weighted by Gasteiger charge is -2.31. The largest absolute Gasteiger partial charge is 0.490 e. The summed E-state index contributed by atoms with van der Waals surface area (Å²) in [5.41, 5.74) is 0. The molecule has 0 saturated carbocycles. The van der Waals surface area contributed by atoms with E-state index in [0.717, 1.165) is 36.2 Å². The lowest BCUT2D eigenvalue weighted by atomic mass is 10.1. The number of benzene rings is 1. The summed E-state index contributed by atoms with van der Waals surface area (Å²) in [6.45, 7) is 4.41. The highest BCUT2D eigenvalue weighted by Crippen LogP contribution is 2.21. The molecule has 0 spiro atoms. The van der Waals surface area contributed by atoms with Crippen LogP contribution in [0.5, 0.6) is 5.75 Å². The van der Waals surface area contributed by atoms with Crippen molar-refractivity contribution in [2.75, 3.05) is 26.2 Å². The smallest absolute Gasteiger partial charge is 0.320 e. The number of halogens is 1. The molecule has 0 radical (unpaired) electrons. The number of hydrogen-bond acceptors (Lipinski definition) is 4. The van der Waals surface area contributed by atoms with Crippen molar-refractivity contribution < 1.29 is 14.3 Å². The highest BCUT2D eigenvalue weighted by molar-refractivity contribution is 9.10. The number of esters is 1. The van der Waals surface area contributed by atoms with Crippen LogP contribution in [0.3, 0.4) is 0 Å². The van der Waals surface area contributed by atoms with Crippen molar-refractivity contribution >= 4 is 21.9 Å². The maximum absolute atomic E-state index is 11.4. The molecule has 1 aromatic rings. The van der Waals surface area contributed by atoms with Gasteiger partial charge < -0.3 is 9.47 Å². The van der Waals surface area contributed by atoms with Gasteiger partial charge >= 0.3 is 5.97 Å². The van der Waals surface area contributed by atoms with Crippen LogP contribution in [0.15, 0.2) is 28.7 Å². The lowest BCUT2D eigenvalue weighted by molar-refractivity contribution is -0.144. The second-order valence-electron chi connectivity index (χ2n) is 4.85. The summed E-state index contributed by atoms with van der Waals surface area (Å²) < 4.78 is 12.0. The molecular formula is C15H20BrNO3.